The van der Waals surface area contributed by atoms with Crippen molar-refractivity contribution < 1.29 is 9.90 Å². The number of carbonyl (C=O) groups is 1. The number of likely N-dealkylation sites (tertiary alicyclic amines) is 1. The molecule has 2 heterocycles. The van der Waals surface area contributed by atoms with E-state index < -0.39 is 6.10 Å². The van der Waals surface area contributed by atoms with E-state index in [1.54, 1.807) is 16.2 Å². The third kappa shape index (κ3) is 4.18. The fourth-order valence-corrected chi connectivity index (χ4v) is 3.12. The number of aryl methyl sites for hydroxylation is 2. The first kappa shape index (κ1) is 15.3. The number of amides is 2. The number of carbonyl (C=O) groups excluding carboxylic acids is 1. The highest BCUT2D eigenvalue weighted by molar-refractivity contribution is 7.09. The molecular formula is C14H23N3O2S. The lowest BCUT2D eigenvalue weighted by Gasteiger charge is -2.34. The highest BCUT2D eigenvalue weighted by atomic mass is 32.1. The van der Waals surface area contributed by atoms with Crippen molar-refractivity contribution in [3.63, 3.8) is 0 Å². The number of thiazole rings is 1. The van der Waals surface area contributed by atoms with Gasteiger partial charge in [-0.3, -0.25) is 0 Å². The average molecular weight is 297 g/mol. The van der Waals surface area contributed by atoms with Crippen molar-refractivity contribution in [2.45, 2.75) is 39.2 Å². The van der Waals surface area contributed by atoms with Gasteiger partial charge in [-0.05, 0) is 25.7 Å². The minimum absolute atomic E-state index is 0.0636. The molecule has 2 N–H and O–H groups in total. The smallest absolute Gasteiger partial charge is 0.317 e. The summed E-state index contributed by atoms with van der Waals surface area (Å²) in [5.41, 5.74) is 1.06. The topological polar surface area (TPSA) is 65.5 Å². The van der Waals surface area contributed by atoms with Crippen LogP contribution in [0.1, 0.15) is 30.5 Å². The molecule has 112 valence electrons. The van der Waals surface area contributed by atoms with Gasteiger partial charge in [-0.15, -0.1) is 11.3 Å². The van der Waals surface area contributed by atoms with Crippen LogP contribution in [0.15, 0.2) is 5.38 Å². The SMILES string of the molecule is Cc1csc(CCCNC(=O)N2CCC(C)C(O)C2)n1. The Balaban J connectivity index is 1.65. The lowest BCUT2D eigenvalue weighted by atomic mass is 9.96. The summed E-state index contributed by atoms with van der Waals surface area (Å²) in [6, 6.07) is -0.0636. The summed E-state index contributed by atoms with van der Waals surface area (Å²) in [6.07, 6.45) is 2.27. The Hall–Kier alpha value is -1.14. The van der Waals surface area contributed by atoms with Crippen LogP contribution < -0.4 is 5.32 Å². The molecule has 0 radical (unpaired) electrons. The molecule has 0 bridgehead atoms. The Morgan fingerprint density at radius 3 is 3.10 bits per heavy atom. The molecule has 6 heteroatoms. The average Bonchev–Trinajstić information content (AvgIpc) is 2.83. The maximum absolute atomic E-state index is 12.0. The third-order valence-corrected chi connectivity index (χ3v) is 4.74. The second-order valence-corrected chi connectivity index (χ2v) is 6.44. The number of aliphatic hydroxyl groups is 1. The highest BCUT2D eigenvalue weighted by Crippen LogP contribution is 2.16. The predicted octanol–water partition coefficient (Wildman–Crippen LogP) is 1.80. The molecule has 0 spiro atoms. The van der Waals surface area contributed by atoms with Crippen LogP contribution >= 0.6 is 11.3 Å². The molecule has 1 fully saturated rings. The summed E-state index contributed by atoms with van der Waals surface area (Å²) in [5, 5.41) is 15.9. The monoisotopic (exact) mass is 297 g/mol. The summed E-state index contributed by atoms with van der Waals surface area (Å²) in [7, 11) is 0. The van der Waals surface area contributed by atoms with Gasteiger partial charge in [-0.25, -0.2) is 9.78 Å². The van der Waals surface area contributed by atoms with E-state index in [-0.39, 0.29) is 11.9 Å². The van der Waals surface area contributed by atoms with Crippen LogP contribution in [-0.4, -0.2) is 46.8 Å². The largest absolute Gasteiger partial charge is 0.391 e. The Morgan fingerprint density at radius 2 is 2.45 bits per heavy atom. The summed E-state index contributed by atoms with van der Waals surface area (Å²) in [5.74, 6) is 0.284. The number of β-amino-alcohol motifs (C(OH)–C–C–N with tert-alkyl or cyclic N) is 1. The fraction of sp³-hybridized carbons (Fsp3) is 0.714. The number of hydrogen-bond acceptors (Lipinski definition) is 4. The van der Waals surface area contributed by atoms with Gasteiger partial charge in [0.05, 0.1) is 11.1 Å². The number of aliphatic hydroxyl groups excluding tert-OH is 1. The van der Waals surface area contributed by atoms with Gasteiger partial charge >= 0.3 is 6.03 Å². The van der Waals surface area contributed by atoms with Gasteiger partial charge in [0.1, 0.15) is 0 Å². The molecule has 2 amide bonds. The first-order chi connectivity index (χ1) is 9.56. The maximum atomic E-state index is 12.0. The number of nitrogens with zero attached hydrogens (tertiary/aromatic N) is 2. The van der Waals surface area contributed by atoms with Gasteiger partial charge in [0.25, 0.3) is 0 Å². The normalized spacial score (nSPS) is 22.9. The molecule has 1 aromatic rings. The van der Waals surface area contributed by atoms with Crippen LogP contribution in [0.25, 0.3) is 0 Å². The highest BCUT2D eigenvalue weighted by Gasteiger charge is 2.26. The van der Waals surface area contributed by atoms with E-state index in [0.29, 0.717) is 13.1 Å². The Kier molecular flexibility index (Phi) is 5.37. The minimum Gasteiger partial charge on any atom is -0.391 e. The molecule has 2 atom stereocenters. The first-order valence-corrected chi connectivity index (χ1v) is 8.06. The second-order valence-electron chi connectivity index (χ2n) is 5.50. The molecule has 1 aliphatic rings. The summed E-state index contributed by atoms with van der Waals surface area (Å²) in [4.78, 5) is 18.1. The van der Waals surface area contributed by atoms with Crippen LogP contribution in [-0.2, 0) is 6.42 Å². The minimum atomic E-state index is -0.396. The quantitative estimate of drug-likeness (QED) is 0.833. The first-order valence-electron chi connectivity index (χ1n) is 7.18. The Labute approximate surface area is 124 Å². The van der Waals surface area contributed by atoms with Crippen LogP contribution in [0.4, 0.5) is 4.79 Å². The number of piperidine rings is 1. The van der Waals surface area contributed by atoms with E-state index in [0.717, 1.165) is 36.5 Å². The molecule has 1 saturated heterocycles. The van der Waals surface area contributed by atoms with Gasteiger partial charge in [0, 0.05) is 37.1 Å². The number of hydrogen-bond donors (Lipinski definition) is 2. The summed E-state index contributed by atoms with van der Waals surface area (Å²) < 4.78 is 0. The maximum Gasteiger partial charge on any atom is 0.317 e. The van der Waals surface area contributed by atoms with Crippen molar-refractivity contribution in [2.24, 2.45) is 5.92 Å². The van der Waals surface area contributed by atoms with Crippen molar-refractivity contribution in [1.29, 1.82) is 0 Å². The van der Waals surface area contributed by atoms with Crippen molar-refractivity contribution in [3.8, 4) is 0 Å². The molecule has 0 aromatic carbocycles. The number of aromatic nitrogens is 1. The van der Waals surface area contributed by atoms with E-state index >= 15 is 0 Å². The number of nitrogens with one attached hydrogen (secondary N) is 1. The van der Waals surface area contributed by atoms with Crippen LogP contribution in [0, 0.1) is 12.8 Å². The molecule has 2 unspecified atom stereocenters. The molecule has 1 aromatic heterocycles. The molecule has 2 rings (SSSR count). The lowest BCUT2D eigenvalue weighted by Crippen LogP contribution is -2.49. The van der Waals surface area contributed by atoms with Gasteiger partial charge in [0.2, 0.25) is 0 Å². The zero-order valence-corrected chi connectivity index (χ0v) is 12.9. The van der Waals surface area contributed by atoms with Crippen LogP contribution in [0.5, 0.6) is 0 Å². The predicted molar refractivity (Wildman–Crippen MR) is 79.9 cm³/mol. The standard InChI is InChI=1S/C14H23N3O2S/c1-10-5-7-17(8-12(10)18)14(19)15-6-3-4-13-16-11(2)9-20-13/h9-10,12,18H,3-8H2,1-2H3,(H,15,19). The van der Waals surface area contributed by atoms with E-state index in [1.165, 1.54) is 0 Å². The molecule has 20 heavy (non-hydrogen) atoms. The van der Waals surface area contributed by atoms with E-state index in [1.807, 2.05) is 19.2 Å². The molecule has 0 aliphatic carbocycles. The molecule has 0 saturated carbocycles. The van der Waals surface area contributed by atoms with Gasteiger partial charge in [-0.2, -0.15) is 0 Å². The van der Waals surface area contributed by atoms with Gasteiger partial charge < -0.3 is 15.3 Å². The lowest BCUT2D eigenvalue weighted by molar-refractivity contribution is 0.0436. The van der Waals surface area contributed by atoms with Crippen LogP contribution in [0.2, 0.25) is 0 Å². The Bertz CT molecular complexity index is 449. The van der Waals surface area contributed by atoms with Crippen molar-refractivity contribution in [2.75, 3.05) is 19.6 Å². The van der Waals surface area contributed by atoms with E-state index in [9.17, 15) is 9.90 Å². The summed E-state index contributed by atoms with van der Waals surface area (Å²) >= 11 is 1.67. The zero-order chi connectivity index (χ0) is 14.5. The third-order valence-electron chi connectivity index (χ3n) is 3.72. The van der Waals surface area contributed by atoms with Gasteiger partial charge in [-0.1, -0.05) is 6.92 Å². The second kappa shape index (κ2) is 7.04. The molecular weight excluding hydrogens is 274 g/mol. The van der Waals surface area contributed by atoms with Crippen LogP contribution in [0.3, 0.4) is 0 Å². The number of rotatable bonds is 4. The molecule has 5 nitrogen and oxygen atoms in total. The Morgan fingerprint density at radius 1 is 1.65 bits per heavy atom. The molecule has 1 aliphatic heterocycles. The van der Waals surface area contributed by atoms with E-state index in [2.05, 4.69) is 10.3 Å². The number of urea groups is 1. The zero-order valence-electron chi connectivity index (χ0n) is 12.1. The summed E-state index contributed by atoms with van der Waals surface area (Å²) in [6.45, 7) is 5.84. The van der Waals surface area contributed by atoms with Crippen molar-refractivity contribution in [3.05, 3.63) is 16.1 Å². The van der Waals surface area contributed by atoms with E-state index in [4.69, 9.17) is 0 Å². The fourth-order valence-electron chi connectivity index (χ4n) is 2.30. The van der Waals surface area contributed by atoms with Crippen molar-refractivity contribution in [1.82, 2.24) is 15.2 Å². The van der Waals surface area contributed by atoms with Gasteiger partial charge in [0.15, 0.2) is 0 Å². The van der Waals surface area contributed by atoms with Crippen molar-refractivity contribution >= 4 is 17.4 Å².